The van der Waals surface area contributed by atoms with Gasteiger partial charge in [0.1, 0.15) is 5.56 Å². The number of hydrogen-bond acceptors (Lipinski definition) is 2. The minimum absolute atomic E-state index is 0.239. The van der Waals surface area contributed by atoms with E-state index < -0.39 is 11.4 Å². The molecule has 0 saturated carbocycles. The van der Waals surface area contributed by atoms with Gasteiger partial charge in [-0.25, -0.2) is 4.79 Å². The first kappa shape index (κ1) is 12.4. The maximum atomic E-state index is 12.0. The summed E-state index contributed by atoms with van der Waals surface area (Å²) < 4.78 is 1.68. The van der Waals surface area contributed by atoms with Crippen LogP contribution in [0.1, 0.15) is 10.4 Å². The van der Waals surface area contributed by atoms with Crippen LogP contribution in [0.3, 0.4) is 0 Å². The topological polar surface area (TPSA) is 59.3 Å². The van der Waals surface area contributed by atoms with Crippen molar-refractivity contribution in [1.29, 1.82) is 0 Å². The smallest absolute Gasteiger partial charge is 0.341 e. The second-order valence-corrected chi connectivity index (χ2v) is 3.96. The number of aromatic carboxylic acids is 1. The number of para-hydroxylation sites is 1. The number of aromatic nitrogens is 1. The third-order valence-electron chi connectivity index (χ3n) is 2.61. The minimum Gasteiger partial charge on any atom is -0.477 e. The van der Waals surface area contributed by atoms with Crippen LogP contribution >= 0.6 is 11.6 Å². The Morgan fingerprint density at radius 2 is 2.11 bits per heavy atom. The van der Waals surface area contributed by atoms with Gasteiger partial charge in [0, 0.05) is 23.7 Å². The van der Waals surface area contributed by atoms with Crippen LogP contribution in [0.15, 0.2) is 46.9 Å². The van der Waals surface area contributed by atoms with Crippen molar-refractivity contribution < 1.29 is 9.90 Å². The molecule has 5 heteroatoms. The lowest BCUT2D eigenvalue weighted by atomic mass is 10.1. The molecule has 92 valence electrons. The van der Waals surface area contributed by atoms with Gasteiger partial charge < -0.3 is 9.67 Å². The maximum absolute atomic E-state index is 12.0. The molecule has 0 bridgehead atoms. The Bertz CT molecular complexity index is 688. The van der Waals surface area contributed by atoms with Crippen LogP contribution in [0.4, 0.5) is 0 Å². The summed E-state index contributed by atoms with van der Waals surface area (Å²) in [6.45, 7) is 0.407. The molecule has 1 aromatic carbocycles. The van der Waals surface area contributed by atoms with Crippen molar-refractivity contribution in [3.63, 3.8) is 0 Å². The molecule has 2 aromatic rings. The summed E-state index contributed by atoms with van der Waals surface area (Å²) in [5.41, 5.74) is 1.33. The number of carbonyl (C=O) groups is 1. The van der Waals surface area contributed by atoms with Crippen molar-refractivity contribution >= 4 is 28.5 Å². The van der Waals surface area contributed by atoms with Crippen LogP contribution in [0, 0.1) is 0 Å². The number of halogens is 1. The van der Waals surface area contributed by atoms with Crippen LogP contribution in [0.5, 0.6) is 0 Å². The van der Waals surface area contributed by atoms with Gasteiger partial charge in [-0.2, -0.15) is 0 Å². The molecule has 0 aliphatic carbocycles. The summed E-state index contributed by atoms with van der Waals surface area (Å²) >= 11 is 5.46. The molecule has 0 spiro atoms. The Morgan fingerprint density at radius 1 is 1.39 bits per heavy atom. The van der Waals surface area contributed by atoms with E-state index in [1.54, 1.807) is 34.9 Å². The van der Waals surface area contributed by atoms with Crippen LogP contribution in [-0.4, -0.2) is 15.6 Å². The zero-order valence-corrected chi connectivity index (χ0v) is 10.1. The van der Waals surface area contributed by atoms with Gasteiger partial charge in [-0.3, -0.25) is 4.79 Å². The first-order valence-electron chi connectivity index (χ1n) is 5.26. The fourth-order valence-electron chi connectivity index (χ4n) is 1.80. The molecule has 0 atom stereocenters. The quantitative estimate of drug-likeness (QED) is 0.925. The molecule has 0 saturated heterocycles. The van der Waals surface area contributed by atoms with Gasteiger partial charge in [0.15, 0.2) is 0 Å². The van der Waals surface area contributed by atoms with Crippen molar-refractivity contribution in [1.82, 2.24) is 4.57 Å². The second-order valence-electron chi connectivity index (χ2n) is 3.71. The van der Waals surface area contributed by atoms with Gasteiger partial charge in [0.2, 0.25) is 5.43 Å². The molecule has 0 aliphatic heterocycles. The number of carboxylic acids is 1. The number of fused-ring (bicyclic) bond motifs is 1. The van der Waals surface area contributed by atoms with Crippen molar-refractivity contribution in [2.75, 3.05) is 0 Å². The standard InChI is InChI=1S/C13H10ClNO3/c14-6-3-7-15-8-10(13(17)18)12(16)9-4-1-2-5-11(9)15/h1-6,8H,7H2,(H,17,18). The van der Waals surface area contributed by atoms with Crippen LogP contribution in [0.25, 0.3) is 10.9 Å². The van der Waals surface area contributed by atoms with E-state index >= 15 is 0 Å². The van der Waals surface area contributed by atoms with Gasteiger partial charge in [-0.15, -0.1) is 0 Å². The van der Waals surface area contributed by atoms with Gasteiger partial charge in [0.05, 0.1) is 5.52 Å². The summed E-state index contributed by atoms with van der Waals surface area (Å²) in [5.74, 6) is -1.23. The van der Waals surface area contributed by atoms with E-state index in [1.165, 1.54) is 11.7 Å². The second kappa shape index (κ2) is 5.06. The van der Waals surface area contributed by atoms with Crippen LogP contribution in [0.2, 0.25) is 0 Å². The Morgan fingerprint density at radius 3 is 2.78 bits per heavy atom. The third-order valence-corrected chi connectivity index (χ3v) is 2.79. The molecule has 4 nitrogen and oxygen atoms in total. The molecule has 1 N–H and O–H groups in total. The van der Waals surface area contributed by atoms with Gasteiger partial charge in [-0.1, -0.05) is 29.8 Å². The average molecular weight is 264 g/mol. The number of benzene rings is 1. The number of allylic oxidation sites excluding steroid dienone is 1. The van der Waals surface area contributed by atoms with E-state index in [4.69, 9.17) is 16.7 Å². The van der Waals surface area contributed by atoms with E-state index in [0.29, 0.717) is 17.4 Å². The minimum atomic E-state index is -1.23. The first-order chi connectivity index (χ1) is 8.65. The Labute approximate surface area is 108 Å². The molecule has 0 amide bonds. The van der Waals surface area contributed by atoms with E-state index in [9.17, 15) is 9.59 Å². The molecule has 1 aromatic heterocycles. The number of hydrogen-bond donors (Lipinski definition) is 1. The highest BCUT2D eigenvalue weighted by atomic mass is 35.5. The van der Waals surface area contributed by atoms with Gasteiger partial charge in [0.25, 0.3) is 0 Å². The normalized spacial score (nSPS) is 11.2. The number of carboxylic acid groups (broad SMARTS) is 1. The van der Waals surface area contributed by atoms with Crippen molar-refractivity contribution in [2.24, 2.45) is 0 Å². The average Bonchev–Trinajstić information content (AvgIpc) is 2.38. The van der Waals surface area contributed by atoms with Gasteiger partial charge in [-0.05, 0) is 12.1 Å². The van der Waals surface area contributed by atoms with Crippen LogP contribution < -0.4 is 5.43 Å². The van der Waals surface area contributed by atoms with Crippen molar-refractivity contribution in [3.05, 3.63) is 57.9 Å². The highest BCUT2D eigenvalue weighted by molar-refractivity contribution is 6.25. The highest BCUT2D eigenvalue weighted by Crippen LogP contribution is 2.12. The molecule has 0 fully saturated rings. The Hall–Kier alpha value is -2.07. The molecule has 1 heterocycles. The number of pyridine rings is 1. The van der Waals surface area contributed by atoms with Crippen molar-refractivity contribution in [2.45, 2.75) is 6.54 Å². The van der Waals surface area contributed by atoms with Gasteiger partial charge >= 0.3 is 5.97 Å². The van der Waals surface area contributed by atoms with Crippen LogP contribution in [-0.2, 0) is 6.54 Å². The van der Waals surface area contributed by atoms with E-state index in [1.807, 2.05) is 0 Å². The maximum Gasteiger partial charge on any atom is 0.341 e. The lowest BCUT2D eigenvalue weighted by Crippen LogP contribution is -2.18. The Kier molecular flexibility index (Phi) is 3.48. The zero-order valence-electron chi connectivity index (χ0n) is 9.34. The fraction of sp³-hybridized carbons (Fsp3) is 0.0769. The van der Waals surface area contributed by atoms with E-state index in [-0.39, 0.29) is 5.56 Å². The largest absolute Gasteiger partial charge is 0.477 e. The molecule has 0 unspecified atom stereocenters. The number of nitrogens with zero attached hydrogens (tertiary/aromatic N) is 1. The monoisotopic (exact) mass is 263 g/mol. The van der Waals surface area contributed by atoms with E-state index in [0.717, 1.165) is 0 Å². The summed E-state index contributed by atoms with van der Waals surface area (Å²) in [7, 11) is 0. The van der Waals surface area contributed by atoms with Crippen molar-refractivity contribution in [3.8, 4) is 0 Å². The number of rotatable bonds is 3. The highest BCUT2D eigenvalue weighted by Gasteiger charge is 2.13. The molecular formula is C13H10ClNO3. The first-order valence-corrected chi connectivity index (χ1v) is 5.69. The molecule has 0 radical (unpaired) electrons. The summed E-state index contributed by atoms with van der Waals surface area (Å²) in [5, 5.41) is 9.41. The summed E-state index contributed by atoms with van der Waals surface area (Å²) in [4.78, 5) is 23.0. The summed E-state index contributed by atoms with van der Waals surface area (Å²) in [6.07, 6.45) is 3.01. The lowest BCUT2D eigenvalue weighted by Gasteiger charge is -2.09. The molecular weight excluding hydrogens is 254 g/mol. The predicted octanol–water partition coefficient (Wildman–Crippen LogP) is 2.45. The fourth-order valence-corrected chi connectivity index (χ4v) is 1.88. The predicted molar refractivity (Wildman–Crippen MR) is 70.2 cm³/mol. The van der Waals surface area contributed by atoms with E-state index in [2.05, 4.69) is 0 Å². The molecule has 18 heavy (non-hydrogen) atoms. The SMILES string of the molecule is O=C(O)c1cn(CC=CCl)c2ccccc2c1=O. The summed E-state index contributed by atoms with van der Waals surface area (Å²) in [6, 6.07) is 6.88. The Balaban J connectivity index is 2.79. The third kappa shape index (κ3) is 2.15. The molecule has 0 aliphatic rings. The molecule has 2 rings (SSSR count). The lowest BCUT2D eigenvalue weighted by molar-refractivity contribution is 0.0695. The zero-order chi connectivity index (χ0) is 13.1.